The number of carbonyl (C=O) groups is 1. The molecule has 5 heteroatoms. The largest absolute Gasteiger partial charge is 0.356 e. The standard InChI is InChI=1S/C14H20Cl2N2O/c1-3-17-10(2)8-14(19)18-7-6-11-4-5-12(15)9-13(11)16/h4-5,9-10,17H,3,6-8H2,1-2H3,(H,18,19). The zero-order valence-corrected chi connectivity index (χ0v) is 12.8. The second-order valence-corrected chi connectivity index (χ2v) is 5.34. The summed E-state index contributed by atoms with van der Waals surface area (Å²) in [5.74, 6) is 0.0542. The van der Waals surface area contributed by atoms with E-state index in [9.17, 15) is 4.79 Å². The maximum Gasteiger partial charge on any atom is 0.221 e. The first-order valence-electron chi connectivity index (χ1n) is 6.47. The van der Waals surface area contributed by atoms with E-state index in [4.69, 9.17) is 23.2 Å². The first-order chi connectivity index (χ1) is 9.02. The van der Waals surface area contributed by atoms with Crippen LogP contribution in [-0.4, -0.2) is 25.0 Å². The summed E-state index contributed by atoms with van der Waals surface area (Å²) in [6.45, 7) is 5.48. The number of halogens is 2. The Balaban J connectivity index is 2.31. The van der Waals surface area contributed by atoms with Crippen molar-refractivity contribution in [3.05, 3.63) is 33.8 Å². The minimum Gasteiger partial charge on any atom is -0.356 e. The molecule has 2 N–H and O–H groups in total. The number of nitrogens with one attached hydrogen (secondary N) is 2. The molecule has 0 heterocycles. The van der Waals surface area contributed by atoms with Gasteiger partial charge in [-0.15, -0.1) is 0 Å². The third-order valence-corrected chi connectivity index (χ3v) is 3.36. The van der Waals surface area contributed by atoms with E-state index in [-0.39, 0.29) is 11.9 Å². The Morgan fingerprint density at radius 3 is 2.74 bits per heavy atom. The summed E-state index contributed by atoms with van der Waals surface area (Å²) in [6.07, 6.45) is 1.19. The summed E-state index contributed by atoms with van der Waals surface area (Å²) < 4.78 is 0. The van der Waals surface area contributed by atoms with E-state index >= 15 is 0 Å². The predicted octanol–water partition coefficient (Wildman–Crippen LogP) is 3.04. The van der Waals surface area contributed by atoms with Crippen molar-refractivity contribution in [3.63, 3.8) is 0 Å². The van der Waals surface area contributed by atoms with E-state index in [1.54, 1.807) is 12.1 Å². The lowest BCUT2D eigenvalue weighted by Gasteiger charge is -2.12. The molecule has 0 aliphatic carbocycles. The van der Waals surface area contributed by atoms with Crippen LogP contribution in [0.4, 0.5) is 0 Å². The number of amides is 1. The van der Waals surface area contributed by atoms with Gasteiger partial charge in [-0.1, -0.05) is 36.2 Å². The minimum absolute atomic E-state index is 0.0542. The summed E-state index contributed by atoms with van der Waals surface area (Å²) >= 11 is 11.9. The number of rotatable bonds is 7. The van der Waals surface area contributed by atoms with Gasteiger partial charge in [-0.05, 0) is 37.6 Å². The topological polar surface area (TPSA) is 41.1 Å². The number of hydrogen-bond acceptors (Lipinski definition) is 2. The molecular formula is C14H20Cl2N2O. The molecule has 0 bridgehead atoms. The second-order valence-electron chi connectivity index (χ2n) is 4.50. The number of benzene rings is 1. The molecule has 1 amide bonds. The van der Waals surface area contributed by atoms with Crippen LogP contribution in [-0.2, 0) is 11.2 Å². The van der Waals surface area contributed by atoms with Gasteiger partial charge in [0, 0.05) is 29.1 Å². The van der Waals surface area contributed by atoms with E-state index in [2.05, 4.69) is 10.6 Å². The Morgan fingerprint density at radius 2 is 2.11 bits per heavy atom. The summed E-state index contributed by atoms with van der Waals surface area (Å²) in [6, 6.07) is 5.60. The summed E-state index contributed by atoms with van der Waals surface area (Å²) in [5, 5.41) is 7.36. The highest BCUT2D eigenvalue weighted by Crippen LogP contribution is 2.20. The van der Waals surface area contributed by atoms with Gasteiger partial charge in [0.05, 0.1) is 0 Å². The Kier molecular flexibility index (Phi) is 7.21. The van der Waals surface area contributed by atoms with Crippen LogP contribution in [0.5, 0.6) is 0 Å². The zero-order valence-electron chi connectivity index (χ0n) is 11.3. The molecule has 0 saturated carbocycles. The fourth-order valence-corrected chi connectivity index (χ4v) is 2.33. The molecule has 0 spiro atoms. The molecular weight excluding hydrogens is 283 g/mol. The number of carbonyl (C=O) groups excluding carboxylic acids is 1. The summed E-state index contributed by atoms with van der Waals surface area (Å²) in [4.78, 5) is 11.7. The van der Waals surface area contributed by atoms with Crippen LogP contribution < -0.4 is 10.6 Å². The molecule has 1 atom stereocenters. The van der Waals surface area contributed by atoms with Crippen molar-refractivity contribution in [1.82, 2.24) is 10.6 Å². The van der Waals surface area contributed by atoms with Gasteiger partial charge in [0.15, 0.2) is 0 Å². The van der Waals surface area contributed by atoms with Gasteiger partial charge in [-0.25, -0.2) is 0 Å². The molecule has 19 heavy (non-hydrogen) atoms. The molecule has 0 aliphatic rings. The van der Waals surface area contributed by atoms with Crippen molar-refractivity contribution in [1.29, 1.82) is 0 Å². The maximum atomic E-state index is 11.7. The van der Waals surface area contributed by atoms with E-state index in [0.29, 0.717) is 29.4 Å². The summed E-state index contributed by atoms with van der Waals surface area (Å²) in [5.41, 5.74) is 0.992. The van der Waals surface area contributed by atoms with Crippen molar-refractivity contribution in [2.24, 2.45) is 0 Å². The van der Waals surface area contributed by atoms with Crippen LogP contribution in [0.1, 0.15) is 25.8 Å². The van der Waals surface area contributed by atoms with Gasteiger partial charge in [-0.2, -0.15) is 0 Å². The van der Waals surface area contributed by atoms with Crippen LogP contribution in [0, 0.1) is 0 Å². The van der Waals surface area contributed by atoms with Crippen molar-refractivity contribution in [3.8, 4) is 0 Å². The van der Waals surface area contributed by atoms with Gasteiger partial charge in [0.25, 0.3) is 0 Å². The molecule has 1 aromatic carbocycles. The molecule has 1 unspecified atom stereocenters. The SMILES string of the molecule is CCNC(C)CC(=O)NCCc1ccc(Cl)cc1Cl. The molecule has 0 aromatic heterocycles. The molecule has 106 valence electrons. The quantitative estimate of drug-likeness (QED) is 0.813. The van der Waals surface area contributed by atoms with Gasteiger partial charge in [-0.3, -0.25) is 4.79 Å². The third kappa shape index (κ3) is 6.28. The fourth-order valence-electron chi connectivity index (χ4n) is 1.83. The molecule has 1 aromatic rings. The minimum atomic E-state index is 0.0542. The second kappa shape index (κ2) is 8.41. The van der Waals surface area contributed by atoms with Crippen molar-refractivity contribution < 1.29 is 4.79 Å². The van der Waals surface area contributed by atoms with E-state index in [1.165, 1.54) is 0 Å². The van der Waals surface area contributed by atoms with Crippen LogP contribution >= 0.6 is 23.2 Å². The maximum absolute atomic E-state index is 11.7. The molecule has 3 nitrogen and oxygen atoms in total. The normalized spacial score (nSPS) is 12.2. The van der Waals surface area contributed by atoms with Gasteiger partial charge in [0.2, 0.25) is 5.91 Å². The Morgan fingerprint density at radius 1 is 1.37 bits per heavy atom. The van der Waals surface area contributed by atoms with Crippen molar-refractivity contribution >= 4 is 29.1 Å². The van der Waals surface area contributed by atoms with Crippen molar-refractivity contribution in [2.45, 2.75) is 32.7 Å². The van der Waals surface area contributed by atoms with Crippen LogP contribution in [0.15, 0.2) is 18.2 Å². The predicted molar refractivity (Wildman–Crippen MR) is 80.9 cm³/mol. The first-order valence-corrected chi connectivity index (χ1v) is 7.22. The van der Waals surface area contributed by atoms with Crippen LogP contribution in [0.2, 0.25) is 10.0 Å². The lowest BCUT2D eigenvalue weighted by atomic mass is 10.1. The van der Waals surface area contributed by atoms with Crippen molar-refractivity contribution in [2.75, 3.05) is 13.1 Å². The molecule has 0 radical (unpaired) electrons. The molecule has 0 aliphatic heterocycles. The Bertz CT molecular complexity index is 424. The van der Waals surface area contributed by atoms with Gasteiger partial charge >= 0.3 is 0 Å². The highest BCUT2D eigenvalue weighted by atomic mass is 35.5. The molecule has 1 rings (SSSR count). The van der Waals surface area contributed by atoms with E-state index in [1.807, 2.05) is 19.9 Å². The van der Waals surface area contributed by atoms with Crippen LogP contribution in [0.3, 0.4) is 0 Å². The molecule has 0 saturated heterocycles. The van der Waals surface area contributed by atoms with Gasteiger partial charge < -0.3 is 10.6 Å². The molecule has 0 fully saturated rings. The lowest BCUT2D eigenvalue weighted by Crippen LogP contribution is -2.34. The Hall–Kier alpha value is -0.770. The average molecular weight is 303 g/mol. The monoisotopic (exact) mass is 302 g/mol. The highest BCUT2D eigenvalue weighted by Gasteiger charge is 2.07. The van der Waals surface area contributed by atoms with Crippen LogP contribution in [0.25, 0.3) is 0 Å². The Labute approximate surface area is 124 Å². The van der Waals surface area contributed by atoms with Gasteiger partial charge in [0.1, 0.15) is 0 Å². The average Bonchev–Trinajstić information content (AvgIpc) is 2.32. The van der Waals surface area contributed by atoms with E-state index < -0.39 is 0 Å². The fraction of sp³-hybridized carbons (Fsp3) is 0.500. The highest BCUT2D eigenvalue weighted by molar-refractivity contribution is 6.35. The number of hydrogen-bond donors (Lipinski definition) is 2. The van der Waals surface area contributed by atoms with E-state index in [0.717, 1.165) is 12.1 Å². The lowest BCUT2D eigenvalue weighted by molar-refractivity contribution is -0.121. The smallest absolute Gasteiger partial charge is 0.221 e. The first kappa shape index (κ1) is 16.3. The third-order valence-electron chi connectivity index (χ3n) is 2.78. The summed E-state index contributed by atoms with van der Waals surface area (Å²) in [7, 11) is 0. The zero-order chi connectivity index (χ0) is 14.3.